The molecule has 0 unspecified atom stereocenters. The number of hydrogen-bond donors (Lipinski definition) is 2. The highest BCUT2D eigenvalue weighted by Crippen LogP contribution is 2.32. The van der Waals surface area contributed by atoms with Crippen molar-refractivity contribution >= 4 is 5.82 Å². The van der Waals surface area contributed by atoms with E-state index in [1.165, 1.54) is 0 Å². The molecule has 2 aromatic rings. The van der Waals surface area contributed by atoms with E-state index < -0.39 is 5.56 Å². The number of aryl methyl sites for hydroxylation is 1. The van der Waals surface area contributed by atoms with Crippen LogP contribution in [0, 0.1) is 11.3 Å². The zero-order valence-electron chi connectivity index (χ0n) is 11.4. The molecular formula is C15H15N3O2. The van der Waals surface area contributed by atoms with E-state index in [9.17, 15) is 10.1 Å². The van der Waals surface area contributed by atoms with Crippen molar-refractivity contribution in [2.45, 2.75) is 13.3 Å². The molecule has 0 fully saturated rings. The van der Waals surface area contributed by atoms with Crippen molar-refractivity contribution in [2.24, 2.45) is 0 Å². The second kappa shape index (κ2) is 5.49. The second-order valence-corrected chi connectivity index (χ2v) is 4.34. The third-order valence-corrected chi connectivity index (χ3v) is 3.13. The summed E-state index contributed by atoms with van der Waals surface area (Å²) in [6, 6.07) is 9.19. The maximum atomic E-state index is 11.8. The van der Waals surface area contributed by atoms with Gasteiger partial charge >= 0.3 is 0 Å². The van der Waals surface area contributed by atoms with Crippen molar-refractivity contribution in [3.05, 3.63) is 45.7 Å². The average Bonchev–Trinajstić information content (AvgIpc) is 2.45. The van der Waals surface area contributed by atoms with Crippen molar-refractivity contribution in [3.63, 3.8) is 0 Å². The molecule has 1 aromatic heterocycles. The van der Waals surface area contributed by atoms with E-state index in [1.807, 2.05) is 31.2 Å². The molecule has 5 nitrogen and oxygen atoms in total. The van der Waals surface area contributed by atoms with Gasteiger partial charge in [-0.15, -0.1) is 0 Å². The molecule has 0 radical (unpaired) electrons. The Hall–Kier alpha value is -2.74. The van der Waals surface area contributed by atoms with Gasteiger partial charge in [-0.05, 0) is 30.2 Å². The first-order valence-electron chi connectivity index (χ1n) is 6.20. The van der Waals surface area contributed by atoms with Crippen LogP contribution in [0.5, 0.6) is 5.75 Å². The van der Waals surface area contributed by atoms with E-state index in [4.69, 9.17) is 10.5 Å². The van der Waals surface area contributed by atoms with Crippen LogP contribution in [0.15, 0.2) is 29.1 Å². The number of ether oxygens (including phenoxy) is 1. The number of nitriles is 1. The van der Waals surface area contributed by atoms with Crippen LogP contribution in [0.25, 0.3) is 11.1 Å². The van der Waals surface area contributed by atoms with Crippen LogP contribution in [-0.4, -0.2) is 12.1 Å². The normalized spacial score (nSPS) is 10.1. The van der Waals surface area contributed by atoms with Crippen molar-refractivity contribution in [1.82, 2.24) is 4.98 Å². The molecule has 0 amide bonds. The van der Waals surface area contributed by atoms with E-state index in [2.05, 4.69) is 4.98 Å². The van der Waals surface area contributed by atoms with Crippen LogP contribution in [0.3, 0.4) is 0 Å². The van der Waals surface area contributed by atoms with Gasteiger partial charge in [0.25, 0.3) is 5.56 Å². The SMILES string of the molecule is CCc1ccc(OC)c(-c2cc(N)[nH]c(=O)c2C#N)c1. The monoisotopic (exact) mass is 269 g/mol. The van der Waals surface area contributed by atoms with Gasteiger partial charge < -0.3 is 15.5 Å². The van der Waals surface area contributed by atoms with Gasteiger partial charge in [-0.25, -0.2) is 0 Å². The Labute approximate surface area is 116 Å². The quantitative estimate of drug-likeness (QED) is 0.892. The Morgan fingerprint density at radius 1 is 1.35 bits per heavy atom. The summed E-state index contributed by atoms with van der Waals surface area (Å²) in [4.78, 5) is 14.2. The molecule has 0 aliphatic heterocycles. The second-order valence-electron chi connectivity index (χ2n) is 4.34. The van der Waals surface area contributed by atoms with Gasteiger partial charge in [0, 0.05) is 11.1 Å². The highest BCUT2D eigenvalue weighted by molar-refractivity contribution is 5.77. The maximum absolute atomic E-state index is 11.8. The fourth-order valence-corrected chi connectivity index (χ4v) is 2.09. The minimum absolute atomic E-state index is 0.0331. The first-order chi connectivity index (χ1) is 9.60. The number of anilines is 1. The standard InChI is InChI=1S/C15H15N3O2/c1-3-9-4-5-13(20-2)11(6-9)10-7-14(17)18-15(19)12(10)8-16/h4-7H,3H2,1-2H3,(H3,17,18,19). The van der Waals surface area contributed by atoms with Crippen molar-refractivity contribution in [2.75, 3.05) is 12.8 Å². The van der Waals surface area contributed by atoms with Crippen molar-refractivity contribution in [1.29, 1.82) is 5.26 Å². The van der Waals surface area contributed by atoms with Crippen LogP contribution in [0.2, 0.25) is 0 Å². The molecule has 1 heterocycles. The Morgan fingerprint density at radius 2 is 2.10 bits per heavy atom. The van der Waals surface area contributed by atoms with Gasteiger partial charge in [0.2, 0.25) is 0 Å². The number of methoxy groups -OCH3 is 1. The van der Waals surface area contributed by atoms with Crippen LogP contribution >= 0.6 is 0 Å². The molecular weight excluding hydrogens is 254 g/mol. The number of nitrogens with zero attached hydrogens (tertiary/aromatic N) is 1. The van der Waals surface area contributed by atoms with Crippen molar-refractivity contribution in [3.8, 4) is 22.9 Å². The molecule has 20 heavy (non-hydrogen) atoms. The molecule has 0 spiro atoms. The minimum Gasteiger partial charge on any atom is -0.496 e. The third-order valence-electron chi connectivity index (χ3n) is 3.13. The number of H-pyrrole nitrogens is 1. The summed E-state index contributed by atoms with van der Waals surface area (Å²) in [7, 11) is 1.55. The molecule has 102 valence electrons. The average molecular weight is 269 g/mol. The Morgan fingerprint density at radius 3 is 2.70 bits per heavy atom. The zero-order valence-corrected chi connectivity index (χ0v) is 11.4. The van der Waals surface area contributed by atoms with E-state index in [-0.39, 0.29) is 11.4 Å². The summed E-state index contributed by atoms with van der Waals surface area (Å²) in [5, 5.41) is 9.19. The number of nitrogens with two attached hydrogens (primary N) is 1. The molecule has 2 rings (SSSR count). The van der Waals surface area contributed by atoms with Gasteiger partial charge in [0.1, 0.15) is 23.2 Å². The van der Waals surface area contributed by atoms with Gasteiger partial charge in [-0.3, -0.25) is 4.79 Å². The lowest BCUT2D eigenvalue weighted by atomic mass is 9.98. The van der Waals surface area contributed by atoms with E-state index in [0.29, 0.717) is 16.9 Å². The van der Waals surface area contributed by atoms with Gasteiger partial charge in [-0.1, -0.05) is 13.0 Å². The minimum atomic E-state index is -0.494. The van der Waals surface area contributed by atoms with Crippen molar-refractivity contribution < 1.29 is 4.74 Å². The largest absolute Gasteiger partial charge is 0.496 e. The first kappa shape index (κ1) is 13.7. The molecule has 0 saturated heterocycles. The fraction of sp³-hybridized carbons (Fsp3) is 0.200. The van der Waals surface area contributed by atoms with Crippen LogP contribution < -0.4 is 16.0 Å². The van der Waals surface area contributed by atoms with Gasteiger partial charge in [-0.2, -0.15) is 5.26 Å². The smallest absolute Gasteiger partial charge is 0.268 e. The predicted molar refractivity (Wildman–Crippen MR) is 77.6 cm³/mol. The number of nitrogens with one attached hydrogen (secondary N) is 1. The number of aromatic nitrogens is 1. The van der Waals surface area contributed by atoms with Gasteiger partial charge in [0.15, 0.2) is 0 Å². The third kappa shape index (κ3) is 2.36. The summed E-state index contributed by atoms with van der Waals surface area (Å²) in [6.07, 6.45) is 0.845. The zero-order chi connectivity index (χ0) is 14.7. The molecule has 5 heteroatoms. The molecule has 3 N–H and O–H groups in total. The Kier molecular flexibility index (Phi) is 3.76. The highest BCUT2D eigenvalue weighted by atomic mass is 16.5. The number of hydrogen-bond acceptors (Lipinski definition) is 4. The highest BCUT2D eigenvalue weighted by Gasteiger charge is 2.15. The van der Waals surface area contributed by atoms with Gasteiger partial charge in [0.05, 0.1) is 7.11 Å². The lowest BCUT2D eigenvalue weighted by Gasteiger charge is -2.12. The molecule has 0 aliphatic carbocycles. The summed E-state index contributed by atoms with van der Waals surface area (Å²) < 4.78 is 5.32. The lowest BCUT2D eigenvalue weighted by Crippen LogP contribution is -2.14. The number of pyridine rings is 1. The maximum Gasteiger partial charge on any atom is 0.268 e. The Balaban J connectivity index is 2.80. The van der Waals surface area contributed by atoms with Crippen LogP contribution in [-0.2, 0) is 6.42 Å². The summed E-state index contributed by atoms with van der Waals surface area (Å²) in [6.45, 7) is 2.03. The molecule has 0 saturated carbocycles. The molecule has 0 aliphatic rings. The summed E-state index contributed by atoms with van der Waals surface area (Å²) >= 11 is 0. The number of aromatic amines is 1. The summed E-state index contributed by atoms with van der Waals surface area (Å²) in [5.41, 5.74) is 7.48. The predicted octanol–water partition coefficient (Wildman–Crippen LogP) is 2.07. The number of benzene rings is 1. The van der Waals surface area contributed by atoms with Crippen LogP contribution in [0.4, 0.5) is 5.82 Å². The molecule has 1 aromatic carbocycles. The first-order valence-corrected chi connectivity index (χ1v) is 6.20. The number of rotatable bonds is 3. The molecule has 0 atom stereocenters. The van der Waals surface area contributed by atoms with E-state index >= 15 is 0 Å². The Bertz CT molecular complexity index is 742. The van der Waals surface area contributed by atoms with E-state index in [0.717, 1.165) is 12.0 Å². The van der Waals surface area contributed by atoms with Crippen LogP contribution in [0.1, 0.15) is 18.1 Å². The number of nitrogen functional groups attached to an aromatic ring is 1. The topological polar surface area (TPSA) is 91.9 Å². The summed E-state index contributed by atoms with van der Waals surface area (Å²) in [5.74, 6) is 0.816. The molecule has 0 bridgehead atoms. The lowest BCUT2D eigenvalue weighted by molar-refractivity contribution is 0.416. The fourth-order valence-electron chi connectivity index (χ4n) is 2.09. The van der Waals surface area contributed by atoms with E-state index in [1.54, 1.807) is 13.2 Å².